The summed E-state index contributed by atoms with van der Waals surface area (Å²) in [5, 5.41) is 16.3. The van der Waals surface area contributed by atoms with E-state index in [0.717, 1.165) is 5.56 Å². The summed E-state index contributed by atoms with van der Waals surface area (Å²) in [7, 11) is -4.94. The lowest BCUT2D eigenvalue weighted by Gasteiger charge is -2.27. The van der Waals surface area contributed by atoms with Crippen molar-refractivity contribution < 1.29 is 40.6 Å². The van der Waals surface area contributed by atoms with Crippen LogP contribution in [0.4, 0.5) is 9.93 Å². The van der Waals surface area contributed by atoms with Gasteiger partial charge in [0.25, 0.3) is 0 Å². The number of carbonyl (C=O) groups excluding carboxylic acids is 1. The fourth-order valence-corrected chi connectivity index (χ4v) is 11.9. The number of benzene rings is 5. The monoisotopic (exact) mass is 954 g/mol. The molecule has 0 bridgehead atoms. The van der Waals surface area contributed by atoms with Crippen molar-refractivity contribution in [2.24, 2.45) is 0 Å². The van der Waals surface area contributed by atoms with Gasteiger partial charge in [0.15, 0.2) is 15.0 Å². The Balaban J connectivity index is 1.49. The molecule has 346 valence electrons. The summed E-state index contributed by atoms with van der Waals surface area (Å²) in [6.07, 6.45) is -0.840. The van der Waals surface area contributed by atoms with Crippen molar-refractivity contribution in [3.63, 3.8) is 0 Å². The molecule has 3 N–H and O–H groups in total. The summed E-state index contributed by atoms with van der Waals surface area (Å²) in [6, 6.07) is 28.1. The number of nitrogens with one attached hydrogen (secondary N) is 1. The van der Waals surface area contributed by atoms with Gasteiger partial charge in [-0.15, -0.1) is 10.2 Å². The molecule has 66 heavy (non-hydrogen) atoms. The standard InChI is InChI=1S/C46H50N8O9S3/c1-29(48-45(55)63-46(2,3)4)28-65(56,57)39-24-23-36(37-9-8-10-38-41(37)49-44(47)64-38)40(43-50-52-54(51-43)27-32-15-21-35(62-7)22-16-32)42(39)66(58,59)53(25-30-11-17-33(60-5)18-12-30)26-31-13-19-34(61-6)20-14-31/h8-24,29H,25-28H2,1-7H3,(H2,47,49)(H,48,55)/t29-/m1/s1. The highest BCUT2D eigenvalue weighted by Gasteiger charge is 2.39. The molecule has 17 nitrogen and oxygen atoms in total. The van der Waals surface area contributed by atoms with Gasteiger partial charge in [0.05, 0.1) is 54.3 Å². The molecular weight excluding hydrogens is 905 g/mol. The maximum Gasteiger partial charge on any atom is 0.407 e. The highest BCUT2D eigenvalue weighted by atomic mass is 32.2. The fraction of sp³-hybridized carbons (Fsp3) is 0.283. The predicted molar refractivity (Wildman–Crippen MR) is 252 cm³/mol. The number of carbonyl (C=O) groups is 1. The highest BCUT2D eigenvalue weighted by Crippen LogP contribution is 2.44. The Morgan fingerprint density at radius 1 is 0.788 bits per heavy atom. The predicted octanol–water partition coefficient (Wildman–Crippen LogP) is 7.35. The van der Waals surface area contributed by atoms with Crippen LogP contribution in [0.2, 0.25) is 0 Å². The van der Waals surface area contributed by atoms with Gasteiger partial charge < -0.3 is 30.0 Å². The van der Waals surface area contributed by atoms with Crippen molar-refractivity contribution in [2.75, 3.05) is 32.8 Å². The molecule has 0 unspecified atom stereocenters. The van der Waals surface area contributed by atoms with E-state index in [1.165, 1.54) is 53.7 Å². The number of nitrogens with two attached hydrogens (primary N) is 1. The Labute approximate surface area is 387 Å². The maximum atomic E-state index is 16.1. The zero-order valence-corrected chi connectivity index (χ0v) is 39.8. The Morgan fingerprint density at radius 2 is 1.35 bits per heavy atom. The third kappa shape index (κ3) is 10.9. The number of aromatic nitrogens is 5. The number of hydrogen-bond acceptors (Lipinski definition) is 15. The second kappa shape index (κ2) is 19.5. The lowest BCUT2D eigenvalue weighted by molar-refractivity contribution is 0.0513. The second-order valence-corrected chi connectivity index (χ2v) is 21.2. The summed E-state index contributed by atoms with van der Waals surface area (Å²) in [5.41, 5.74) is 8.31. The molecule has 5 aromatic carbocycles. The molecular formula is C46H50N8O9S3. The number of ether oxygens (including phenoxy) is 4. The highest BCUT2D eigenvalue weighted by molar-refractivity contribution is 7.93. The lowest BCUT2D eigenvalue weighted by atomic mass is 9.98. The maximum absolute atomic E-state index is 16.1. The van der Waals surface area contributed by atoms with Crippen molar-refractivity contribution >= 4 is 52.6 Å². The number of sulfonamides is 1. The van der Waals surface area contributed by atoms with Crippen LogP contribution in [0.3, 0.4) is 0 Å². The third-order valence-corrected chi connectivity index (χ3v) is 15.0. The molecule has 0 spiro atoms. The van der Waals surface area contributed by atoms with E-state index in [4.69, 9.17) is 29.8 Å². The Bertz CT molecular complexity index is 3010. The molecule has 0 aliphatic rings. The summed E-state index contributed by atoms with van der Waals surface area (Å²) >= 11 is 1.24. The molecule has 7 rings (SSSR count). The summed E-state index contributed by atoms with van der Waals surface area (Å²) in [4.78, 5) is 17.6. The van der Waals surface area contributed by atoms with Crippen molar-refractivity contribution in [1.29, 1.82) is 0 Å². The minimum Gasteiger partial charge on any atom is -0.497 e. The second-order valence-electron chi connectivity index (χ2n) is 16.3. The van der Waals surface area contributed by atoms with Crippen molar-refractivity contribution in [1.82, 2.24) is 34.8 Å². The number of hydrogen-bond donors (Lipinski definition) is 2. The van der Waals surface area contributed by atoms with E-state index in [-0.39, 0.29) is 41.7 Å². The van der Waals surface area contributed by atoms with E-state index in [1.54, 1.807) is 101 Å². The van der Waals surface area contributed by atoms with Gasteiger partial charge in [-0.1, -0.05) is 65.9 Å². The van der Waals surface area contributed by atoms with Gasteiger partial charge in [-0.05, 0) is 104 Å². The third-order valence-electron chi connectivity index (χ3n) is 10.2. The van der Waals surface area contributed by atoms with E-state index in [9.17, 15) is 4.79 Å². The van der Waals surface area contributed by atoms with Crippen molar-refractivity contribution in [3.05, 3.63) is 120 Å². The smallest absolute Gasteiger partial charge is 0.407 e. The van der Waals surface area contributed by atoms with Crippen LogP contribution in [0.25, 0.3) is 32.7 Å². The Hall–Kier alpha value is -6.61. The summed E-state index contributed by atoms with van der Waals surface area (Å²) < 4.78 is 85.5. The molecule has 0 saturated heterocycles. The first-order chi connectivity index (χ1) is 31.4. The number of para-hydroxylation sites is 1. The van der Waals surface area contributed by atoms with Crippen LogP contribution in [0.5, 0.6) is 17.2 Å². The van der Waals surface area contributed by atoms with Crippen LogP contribution in [0, 0.1) is 0 Å². The van der Waals surface area contributed by atoms with Crippen molar-refractivity contribution in [2.45, 2.75) is 68.8 Å². The number of sulfone groups is 1. The number of methoxy groups -OCH3 is 3. The molecule has 0 radical (unpaired) electrons. The number of nitrogen functional groups attached to an aromatic ring is 1. The molecule has 0 aliphatic carbocycles. The average Bonchev–Trinajstić information content (AvgIpc) is 3.91. The number of nitrogens with zero attached hydrogens (tertiary/aromatic N) is 6. The molecule has 0 saturated carbocycles. The first-order valence-corrected chi connectivity index (χ1v) is 24.5. The van der Waals surface area contributed by atoms with Crippen LogP contribution < -0.4 is 25.3 Å². The van der Waals surface area contributed by atoms with Crippen LogP contribution >= 0.6 is 11.3 Å². The number of fused-ring (bicyclic) bond motifs is 1. The first kappa shape index (κ1) is 47.4. The first-order valence-electron chi connectivity index (χ1n) is 20.6. The van der Waals surface area contributed by atoms with Gasteiger partial charge in [-0.3, -0.25) is 0 Å². The van der Waals surface area contributed by atoms with E-state index >= 15 is 16.8 Å². The number of rotatable bonds is 17. The molecule has 2 heterocycles. The fourth-order valence-electron chi connectivity index (χ4n) is 7.19. The largest absolute Gasteiger partial charge is 0.497 e. The van der Waals surface area contributed by atoms with Gasteiger partial charge in [0.2, 0.25) is 15.8 Å². The molecule has 20 heteroatoms. The molecule has 0 aliphatic heterocycles. The Kier molecular flexibility index (Phi) is 14.0. The van der Waals surface area contributed by atoms with Gasteiger partial charge in [0.1, 0.15) is 27.7 Å². The molecule has 2 aromatic heterocycles. The minimum atomic E-state index is -4.93. The van der Waals surface area contributed by atoms with E-state index in [2.05, 4.69) is 20.6 Å². The van der Waals surface area contributed by atoms with Crippen LogP contribution in [-0.2, 0) is 44.2 Å². The molecule has 7 aromatic rings. The normalized spacial score (nSPS) is 12.5. The zero-order valence-electron chi connectivity index (χ0n) is 37.4. The summed E-state index contributed by atoms with van der Waals surface area (Å²) in [5.74, 6) is 0.871. The van der Waals surface area contributed by atoms with Gasteiger partial charge in [-0.2, -0.15) is 9.10 Å². The minimum absolute atomic E-state index is 0.125. The van der Waals surface area contributed by atoms with Crippen LogP contribution in [0.15, 0.2) is 113 Å². The molecule has 0 fully saturated rings. The van der Waals surface area contributed by atoms with E-state index < -0.39 is 53.1 Å². The Morgan fingerprint density at radius 3 is 1.89 bits per heavy atom. The van der Waals surface area contributed by atoms with E-state index in [0.29, 0.717) is 44.2 Å². The average molecular weight is 955 g/mol. The number of alkyl carbamates (subject to hydrolysis) is 1. The zero-order chi connectivity index (χ0) is 47.4. The van der Waals surface area contributed by atoms with Crippen LogP contribution in [0.1, 0.15) is 44.4 Å². The topological polar surface area (TPSA) is 220 Å². The van der Waals surface area contributed by atoms with Gasteiger partial charge >= 0.3 is 6.09 Å². The number of thiazole rings is 1. The number of anilines is 1. The van der Waals surface area contributed by atoms with Gasteiger partial charge in [-0.25, -0.2) is 26.6 Å². The lowest BCUT2D eigenvalue weighted by Crippen LogP contribution is -2.41. The number of amides is 1. The molecule has 1 atom stereocenters. The quantitative estimate of drug-likeness (QED) is 0.0912. The van der Waals surface area contributed by atoms with E-state index in [1.807, 2.05) is 18.2 Å². The SMILES string of the molecule is COc1ccc(CN(Cc2ccc(OC)cc2)S(=O)(=O)c2c(S(=O)(=O)C[C@@H](C)NC(=O)OC(C)(C)C)ccc(-c3cccc4sc(N)nc34)c2-c2nnn(Cc3ccc(OC)cc3)n2)cc1. The van der Waals surface area contributed by atoms with Crippen LogP contribution in [-0.4, -0.2) is 91.2 Å². The molecule has 1 amide bonds. The number of tetrazole rings is 1. The van der Waals surface area contributed by atoms with Gasteiger partial charge in [0, 0.05) is 24.7 Å². The summed E-state index contributed by atoms with van der Waals surface area (Å²) in [6.45, 7) is 6.25. The van der Waals surface area contributed by atoms with Crippen molar-refractivity contribution in [3.8, 4) is 39.8 Å².